The Hall–Kier alpha value is -0.670. The molecule has 1 aliphatic heterocycles. The van der Waals surface area contributed by atoms with Crippen molar-refractivity contribution in [3.8, 4) is 5.75 Å². The van der Waals surface area contributed by atoms with Crippen molar-refractivity contribution >= 4 is 12.6 Å². The molecule has 0 amide bonds. The first kappa shape index (κ1) is 7.95. The Bertz CT molecular complexity index is 301. The molecular formula is C9H11NOS. The lowest BCUT2D eigenvalue weighted by Gasteiger charge is -2.05. The highest BCUT2D eigenvalue weighted by molar-refractivity contribution is 7.80. The van der Waals surface area contributed by atoms with Crippen molar-refractivity contribution in [2.24, 2.45) is 0 Å². The van der Waals surface area contributed by atoms with Gasteiger partial charge in [-0.3, -0.25) is 0 Å². The maximum absolute atomic E-state index is 5.47. The first-order valence-corrected chi connectivity index (χ1v) is 4.39. The highest BCUT2D eigenvalue weighted by Gasteiger charge is 2.21. The van der Waals surface area contributed by atoms with E-state index in [1.807, 2.05) is 19.2 Å². The van der Waals surface area contributed by atoms with E-state index >= 15 is 0 Å². The molecule has 2 nitrogen and oxygen atoms in total. The fourth-order valence-electron chi connectivity index (χ4n) is 1.44. The molecule has 0 radical (unpaired) electrons. The average molecular weight is 181 g/mol. The molecule has 1 heterocycles. The van der Waals surface area contributed by atoms with Gasteiger partial charge in [-0.1, -0.05) is 6.07 Å². The van der Waals surface area contributed by atoms with Crippen molar-refractivity contribution < 1.29 is 4.74 Å². The molecule has 64 valence electrons. The summed E-state index contributed by atoms with van der Waals surface area (Å²) in [6, 6.07) is 6.34. The fraction of sp³-hybridized carbons (Fsp3) is 0.333. The van der Waals surface area contributed by atoms with Crippen molar-refractivity contribution in [3.63, 3.8) is 0 Å². The van der Waals surface area contributed by atoms with Crippen LogP contribution in [0.2, 0.25) is 0 Å². The molecule has 2 rings (SSSR count). The first-order chi connectivity index (χ1) is 5.81. The van der Waals surface area contributed by atoms with Gasteiger partial charge < -0.3 is 10.1 Å². The molecule has 0 aromatic heterocycles. The summed E-state index contributed by atoms with van der Waals surface area (Å²) in [6.45, 7) is 0.725. The van der Waals surface area contributed by atoms with Gasteiger partial charge in [0.15, 0.2) is 0 Å². The fourth-order valence-corrected chi connectivity index (χ4v) is 1.63. The van der Waals surface area contributed by atoms with Crippen molar-refractivity contribution in [3.05, 3.63) is 23.8 Å². The number of hydrogen-bond acceptors (Lipinski definition) is 3. The SMILES string of the molecule is CN[C@@H]1COc2cc(S)ccc21. The summed E-state index contributed by atoms with van der Waals surface area (Å²) in [5, 5.41) is 3.19. The number of ether oxygens (including phenoxy) is 1. The Labute approximate surface area is 77.3 Å². The van der Waals surface area contributed by atoms with Crippen LogP contribution in [0.5, 0.6) is 5.75 Å². The minimum Gasteiger partial charge on any atom is -0.491 e. The number of nitrogens with one attached hydrogen (secondary N) is 1. The smallest absolute Gasteiger partial charge is 0.125 e. The lowest BCUT2D eigenvalue weighted by molar-refractivity contribution is 0.318. The molecule has 1 N–H and O–H groups in total. The van der Waals surface area contributed by atoms with E-state index in [9.17, 15) is 0 Å². The molecule has 1 aromatic rings. The van der Waals surface area contributed by atoms with Crippen molar-refractivity contribution in [2.45, 2.75) is 10.9 Å². The molecule has 1 aromatic carbocycles. The van der Waals surface area contributed by atoms with Gasteiger partial charge in [0.1, 0.15) is 12.4 Å². The number of likely N-dealkylation sites (N-methyl/N-ethyl adjacent to an activating group) is 1. The van der Waals surface area contributed by atoms with Crippen LogP contribution in [-0.4, -0.2) is 13.7 Å². The second-order valence-electron chi connectivity index (χ2n) is 2.87. The van der Waals surface area contributed by atoms with E-state index < -0.39 is 0 Å². The van der Waals surface area contributed by atoms with Crippen LogP contribution in [-0.2, 0) is 0 Å². The zero-order valence-corrected chi connectivity index (χ0v) is 7.77. The predicted molar refractivity (Wildman–Crippen MR) is 51.0 cm³/mol. The van der Waals surface area contributed by atoms with Gasteiger partial charge in [0.05, 0.1) is 6.04 Å². The summed E-state index contributed by atoms with van der Waals surface area (Å²) >= 11 is 4.24. The summed E-state index contributed by atoms with van der Waals surface area (Å²) in [4.78, 5) is 0.950. The third-order valence-electron chi connectivity index (χ3n) is 2.13. The van der Waals surface area contributed by atoms with Crippen LogP contribution in [0.1, 0.15) is 11.6 Å². The molecule has 1 aliphatic rings. The van der Waals surface area contributed by atoms with Gasteiger partial charge in [0.2, 0.25) is 0 Å². The second-order valence-corrected chi connectivity index (χ2v) is 3.39. The highest BCUT2D eigenvalue weighted by atomic mass is 32.1. The molecule has 1 atom stereocenters. The van der Waals surface area contributed by atoms with E-state index in [4.69, 9.17) is 4.74 Å². The Morgan fingerprint density at radius 1 is 1.58 bits per heavy atom. The van der Waals surface area contributed by atoms with Crippen molar-refractivity contribution in [1.29, 1.82) is 0 Å². The quantitative estimate of drug-likeness (QED) is 0.642. The Morgan fingerprint density at radius 3 is 3.17 bits per heavy atom. The topological polar surface area (TPSA) is 21.3 Å². The standard InChI is InChI=1S/C9H11NOS/c1-10-8-5-11-9-4-6(12)2-3-7(8)9/h2-4,8,10,12H,5H2,1H3/t8-/m1/s1. The van der Waals surface area contributed by atoms with E-state index in [2.05, 4.69) is 24.0 Å². The molecule has 0 saturated heterocycles. The number of rotatable bonds is 1. The first-order valence-electron chi connectivity index (χ1n) is 3.94. The average Bonchev–Trinajstić information content (AvgIpc) is 2.46. The summed E-state index contributed by atoms with van der Waals surface area (Å²) < 4.78 is 5.47. The largest absolute Gasteiger partial charge is 0.491 e. The van der Waals surface area contributed by atoms with Crippen LogP contribution in [0.3, 0.4) is 0 Å². The number of thiol groups is 1. The van der Waals surface area contributed by atoms with Gasteiger partial charge in [0.25, 0.3) is 0 Å². The molecule has 0 unspecified atom stereocenters. The van der Waals surface area contributed by atoms with Gasteiger partial charge in [-0.05, 0) is 19.2 Å². The summed E-state index contributed by atoms with van der Waals surface area (Å²) in [5.41, 5.74) is 1.23. The maximum Gasteiger partial charge on any atom is 0.125 e. The highest BCUT2D eigenvalue weighted by Crippen LogP contribution is 2.33. The van der Waals surface area contributed by atoms with Crippen molar-refractivity contribution in [1.82, 2.24) is 5.32 Å². The molecule has 0 saturated carbocycles. The van der Waals surface area contributed by atoms with Gasteiger partial charge in [-0.15, -0.1) is 12.6 Å². The van der Waals surface area contributed by atoms with Crippen molar-refractivity contribution in [2.75, 3.05) is 13.7 Å². The third-order valence-corrected chi connectivity index (χ3v) is 2.40. The van der Waals surface area contributed by atoms with Crippen LogP contribution in [0, 0.1) is 0 Å². The number of fused-ring (bicyclic) bond motifs is 1. The lowest BCUT2D eigenvalue weighted by atomic mass is 10.1. The van der Waals surface area contributed by atoms with Crippen LogP contribution < -0.4 is 10.1 Å². The monoisotopic (exact) mass is 181 g/mol. The third kappa shape index (κ3) is 1.19. The van der Waals surface area contributed by atoms with Crippen LogP contribution in [0.25, 0.3) is 0 Å². The molecule has 3 heteroatoms. The van der Waals surface area contributed by atoms with Gasteiger partial charge in [-0.2, -0.15) is 0 Å². The molecule has 0 fully saturated rings. The molecule has 0 bridgehead atoms. The van der Waals surface area contributed by atoms with E-state index in [0.29, 0.717) is 6.04 Å². The lowest BCUT2D eigenvalue weighted by Crippen LogP contribution is -2.16. The predicted octanol–water partition coefficient (Wildman–Crippen LogP) is 1.63. The van der Waals surface area contributed by atoms with Crippen LogP contribution in [0.15, 0.2) is 23.1 Å². The van der Waals surface area contributed by atoms with Gasteiger partial charge >= 0.3 is 0 Å². The van der Waals surface area contributed by atoms with Gasteiger partial charge in [-0.25, -0.2) is 0 Å². The minimum absolute atomic E-state index is 0.342. The second kappa shape index (κ2) is 2.99. The summed E-state index contributed by atoms with van der Waals surface area (Å²) in [5.74, 6) is 0.960. The summed E-state index contributed by atoms with van der Waals surface area (Å²) in [6.07, 6.45) is 0. The van der Waals surface area contributed by atoms with Crippen LogP contribution in [0.4, 0.5) is 0 Å². The van der Waals surface area contributed by atoms with E-state index in [1.165, 1.54) is 5.56 Å². The molecule has 0 spiro atoms. The number of benzene rings is 1. The van der Waals surface area contributed by atoms with Crippen LogP contribution >= 0.6 is 12.6 Å². The summed E-state index contributed by atoms with van der Waals surface area (Å²) in [7, 11) is 1.94. The molecule has 0 aliphatic carbocycles. The van der Waals surface area contributed by atoms with E-state index in [-0.39, 0.29) is 0 Å². The normalized spacial score (nSPS) is 20.3. The zero-order valence-electron chi connectivity index (χ0n) is 6.87. The maximum atomic E-state index is 5.47. The number of hydrogen-bond donors (Lipinski definition) is 2. The Balaban J connectivity index is 2.40. The zero-order chi connectivity index (χ0) is 8.55. The Morgan fingerprint density at radius 2 is 2.42 bits per heavy atom. The van der Waals surface area contributed by atoms with E-state index in [1.54, 1.807) is 0 Å². The van der Waals surface area contributed by atoms with Gasteiger partial charge in [0, 0.05) is 10.5 Å². The Kier molecular flexibility index (Phi) is 1.98. The minimum atomic E-state index is 0.342. The van der Waals surface area contributed by atoms with E-state index in [0.717, 1.165) is 17.3 Å². The molecular weight excluding hydrogens is 170 g/mol. The molecule has 12 heavy (non-hydrogen) atoms.